The molecule has 9 heteroatoms. The summed E-state index contributed by atoms with van der Waals surface area (Å²) in [5, 5.41) is 0.740. The van der Waals surface area contributed by atoms with E-state index >= 15 is 0 Å². The molecule has 0 radical (unpaired) electrons. The van der Waals surface area contributed by atoms with Gasteiger partial charge >= 0.3 is 0 Å². The van der Waals surface area contributed by atoms with Crippen LogP contribution < -0.4 is 15.2 Å². The highest BCUT2D eigenvalue weighted by atomic mass is 16.5. The third-order valence-electron chi connectivity index (χ3n) is 7.75. The van der Waals surface area contributed by atoms with Crippen molar-refractivity contribution in [2.24, 2.45) is 0 Å². The topological polar surface area (TPSA) is 98.7 Å². The van der Waals surface area contributed by atoms with Crippen molar-refractivity contribution in [3.05, 3.63) is 73.1 Å². The molecular formula is C31H34N6O3. The predicted molar refractivity (Wildman–Crippen MR) is 155 cm³/mol. The molecule has 1 amide bonds. The largest absolute Gasteiger partial charge is 0.482 e. The Morgan fingerprint density at radius 1 is 1.07 bits per heavy atom. The number of carbonyl (C=O) groups is 1. The average molecular weight is 539 g/mol. The molecule has 3 heterocycles. The number of nitrogen functional groups attached to an aromatic ring is 1. The Kier molecular flexibility index (Phi) is 7.13. The third-order valence-corrected chi connectivity index (χ3v) is 7.75. The van der Waals surface area contributed by atoms with Crippen LogP contribution in [0, 0.1) is 0 Å². The molecule has 6 rings (SSSR count). The van der Waals surface area contributed by atoms with Gasteiger partial charge in [-0.05, 0) is 56.1 Å². The second kappa shape index (κ2) is 11.0. The standard InChI is InChI=1S/C31H34N6O3/c1-35(22-12-13-22)17-6-9-26(38)36-18-16-23(19-36)37-30-28(29(32)33-20-34-30)27(31(37)39-2)21-10-14-25(15-11-21)40-24-7-4-3-5-8-24/h3-11,14-15,20,22-23H,12-13,16-19H2,1-2H3,(H2,32,33,34)/b9-6+. The van der Waals surface area contributed by atoms with Gasteiger partial charge in [-0.15, -0.1) is 0 Å². The van der Waals surface area contributed by atoms with E-state index in [9.17, 15) is 4.79 Å². The van der Waals surface area contributed by atoms with Crippen molar-refractivity contribution >= 4 is 22.8 Å². The molecule has 4 aromatic rings. The van der Waals surface area contributed by atoms with Crippen LogP contribution in [0.25, 0.3) is 22.2 Å². The first-order valence-corrected chi connectivity index (χ1v) is 13.7. The number of methoxy groups -OCH3 is 1. The number of nitrogens with two attached hydrogens (primary N) is 1. The molecule has 9 nitrogen and oxygen atoms in total. The second-order valence-corrected chi connectivity index (χ2v) is 10.5. The number of likely N-dealkylation sites (N-methyl/N-ethyl adjacent to an activating group) is 1. The van der Waals surface area contributed by atoms with Crippen LogP contribution >= 0.6 is 0 Å². The Bertz CT molecular complexity index is 1530. The van der Waals surface area contributed by atoms with Crippen LogP contribution in [-0.4, -0.2) is 70.1 Å². The van der Waals surface area contributed by atoms with Gasteiger partial charge in [-0.25, -0.2) is 9.97 Å². The fraction of sp³-hybridized carbons (Fsp3) is 0.323. The van der Waals surface area contributed by atoms with Gasteiger partial charge in [0, 0.05) is 31.8 Å². The molecule has 1 unspecified atom stereocenters. The van der Waals surface area contributed by atoms with E-state index in [1.54, 1.807) is 13.2 Å². The Balaban J connectivity index is 1.28. The summed E-state index contributed by atoms with van der Waals surface area (Å²) in [6, 6.07) is 18.1. The molecule has 1 saturated heterocycles. The van der Waals surface area contributed by atoms with E-state index in [0.29, 0.717) is 36.5 Å². The van der Waals surface area contributed by atoms with Crippen molar-refractivity contribution in [1.29, 1.82) is 0 Å². The number of carbonyl (C=O) groups excluding carboxylic acids is 1. The Morgan fingerprint density at radius 2 is 1.82 bits per heavy atom. The summed E-state index contributed by atoms with van der Waals surface area (Å²) in [5.41, 5.74) is 8.86. The molecule has 0 spiro atoms. The van der Waals surface area contributed by atoms with Gasteiger partial charge in [0.25, 0.3) is 0 Å². The van der Waals surface area contributed by atoms with E-state index in [1.807, 2.05) is 65.6 Å². The minimum atomic E-state index is -0.00678. The molecule has 2 aromatic heterocycles. The maximum absolute atomic E-state index is 13.0. The zero-order valence-electron chi connectivity index (χ0n) is 22.9. The van der Waals surface area contributed by atoms with Crippen molar-refractivity contribution in [2.45, 2.75) is 31.3 Å². The predicted octanol–water partition coefficient (Wildman–Crippen LogP) is 4.91. The molecule has 2 aromatic carbocycles. The van der Waals surface area contributed by atoms with Crippen molar-refractivity contribution in [1.82, 2.24) is 24.3 Å². The molecule has 1 aliphatic carbocycles. The SMILES string of the molecule is COc1c(-c2ccc(Oc3ccccc3)cc2)c2c(N)ncnc2n1C1CCN(C(=O)/C=C/CN(C)C2CC2)C1. The third kappa shape index (κ3) is 5.12. The number of anilines is 1. The van der Waals surface area contributed by atoms with Crippen LogP contribution in [-0.2, 0) is 4.79 Å². The van der Waals surface area contributed by atoms with E-state index in [1.165, 1.54) is 19.2 Å². The van der Waals surface area contributed by atoms with Crippen molar-refractivity contribution in [2.75, 3.05) is 39.5 Å². The van der Waals surface area contributed by atoms with E-state index in [-0.39, 0.29) is 11.9 Å². The summed E-state index contributed by atoms with van der Waals surface area (Å²) in [4.78, 5) is 26.1. The number of ether oxygens (including phenoxy) is 2. The molecule has 2 fully saturated rings. The summed E-state index contributed by atoms with van der Waals surface area (Å²) in [7, 11) is 3.76. The lowest BCUT2D eigenvalue weighted by Crippen LogP contribution is -2.28. The highest BCUT2D eigenvalue weighted by Crippen LogP contribution is 2.45. The normalized spacial score (nSPS) is 17.3. The lowest BCUT2D eigenvalue weighted by Gasteiger charge is -2.18. The number of amides is 1. The van der Waals surface area contributed by atoms with Crippen molar-refractivity contribution in [3.63, 3.8) is 0 Å². The minimum Gasteiger partial charge on any atom is -0.482 e. The first-order valence-electron chi connectivity index (χ1n) is 13.7. The fourth-order valence-electron chi connectivity index (χ4n) is 5.50. The summed E-state index contributed by atoms with van der Waals surface area (Å²) in [6.45, 7) is 2.02. The van der Waals surface area contributed by atoms with Crippen molar-refractivity contribution < 1.29 is 14.3 Å². The van der Waals surface area contributed by atoms with Gasteiger partial charge < -0.3 is 20.1 Å². The molecule has 1 saturated carbocycles. The van der Waals surface area contributed by atoms with Crippen LogP contribution in [0.15, 0.2) is 73.1 Å². The molecule has 2 N–H and O–H groups in total. The van der Waals surface area contributed by atoms with Crippen LogP contribution in [0.1, 0.15) is 25.3 Å². The van der Waals surface area contributed by atoms with Gasteiger partial charge in [0.1, 0.15) is 29.3 Å². The second-order valence-electron chi connectivity index (χ2n) is 10.5. The number of hydrogen-bond acceptors (Lipinski definition) is 7. The van der Waals surface area contributed by atoms with Gasteiger partial charge in [-0.1, -0.05) is 36.4 Å². The maximum atomic E-state index is 13.0. The number of rotatable bonds is 9. The van der Waals surface area contributed by atoms with Crippen LogP contribution in [0.4, 0.5) is 5.82 Å². The number of fused-ring (bicyclic) bond motifs is 1. The number of likely N-dealkylation sites (tertiary alicyclic amines) is 1. The Hall–Kier alpha value is -4.37. The summed E-state index contributed by atoms with van der Waals surface area (Å²) in [6.07, 6.45) is 8.44. The van der Waals surface area contributed by atoms with Gasteiger partial charge in [-0.2, -0.15) is 0 Å². The van der Waals surface area contributed by atoms with E-state index < -0.39 is 0 Å². The zero-order chi connectivity index (χ0) is 27.6. The Labute approximate surface area is 233 Å². The van der Waals surface area contributed by atoms with E-state index in [2.05, 4.69) is 26.5 Å². The molecule has 0 bridgehead atoms. The fourth-order valence-corrected chi connectivity index (χ4v) is 5.50. The number of benzene rings is 2. The monoisotopic (exact) mass is 538 g/mol. The maximum Gasteiger partial charge on any atom is 0.246 e. The summed E-state index contributed by atoms with van der Waals surface area (Å²) in [5.74, 6) is 2.57. The van der Waals surface area contributed by atoms with E-state index in [0.717, 1.165) is 41.0 Å². The smallest absolute Gasteiger partial charge is 0.246 e. The number of nitrogens with zero attached hydrogens (tertiary/aromatic N) is 5. The van der Waals surface area contributed by atoms with Gasteiger partial charge in [-0.3, -0.25) is 14.3 Å². The average Bonchev–Trinajstić information content (AvgIpc) is 3.61. The van der Waals surface area contributed by atoms with Crippen LogP contribution in [0.3, 0.4) is 0 Å². The lowest BCUT2D eigenvalue weighted by molar-refractivity contribution is -0.125. The first-order chi connectivity index (χ1) is 19.5. The number of aromatic nitrogens is 3. The highest BCUT2D eigenvalue weighted by molar-refractivity contribution is 6.04. The summed E-state index contributed by atoms with van der Waals surface area (Å²) >= 11 is 0. The quantitative estimate of drug-likeness (QED) is 0.303. The minimum absolute atomic E-state index is 0.00678. The van der Waals surface area contributed by atoms with Gasteiger partial charge in [0.05, 0.1) is 24.1 Å². The molecule has 1 atom stereocenters. The summed E-state index contributed by atoms with van der Waals surface area (Å²) < 4.78 is 14.1. The number of hydrogen-bond donors (Lipinski definition) is 1. The molecule has 40 heavy (non-hydrogen) atoms. The molecular weight excluding hydrogens is 504 g/mol. The van der Waals surface area contributed by atoms with Gasteiger partial charge in [0.2, 0.25) is 11.8 Å². The molecule has 206 valence electrons. The zero-order valence-corrected chi connectivity index (χ0v) is 22.9. The van der Waals surface area contributed by atoms with Crippen LogP contribution in [0.5, 0.6) is 17.4 Å². The number of para-hydroxylation sites is 1. The molecule has 2 aliphatic rings. The van der Waals surface area contributed by atoms with E-state index in [4.69, 9.17) is 15.2 Å². The lowest BCUT2D eigenvalue weighted by atomic mass is 10.1. The van der Waals surface area contributed by atoms with Gasteiger partial charge in [0.15, 0.2) is 0 Å². The Morgan fingerprint density at radius 3 is 2.55 bits per heavy atom. The highest BCUT2D eigenvalue weighted by Gasteiger charge is 2.33. The first kappa shape index (κ1) is 25.9. The molecule has 1 aliphatic heterocycles. The van der Waals surface area contributed by atoms with Crippen LogP contribution in [0.2, 0.25) is 0 Å². The van der Waals surface area contributed by atoms with Crippen molar-refractivity contribution in [3.8, 4) is 28.5 Å².